The average Bonchev–Trinajstić information content (AvgIpc) is 2.85. The van der Waals surface area contributed by atoms with Gasteiger partial charge in [-0.05, 0) is 87.1 Å². The van der Waals surface area contributed by atoms with E-state index >= 15 is 0 Å². The van der Waals surface area contributed by atoms with Crippen LogP contribution in [0.1, 0.15) is 33.4 Å². The maximum Gasteiger partial charge on any atom is 0.416 e. The molecule has 0 unspecified atom stereocenters. The molecule has 0 atom stereocenters. The third-order valence-corrected chi connectivity index (χ3v) is 6.10. The van der Waals surface area contributed by atoms with Crippen molar-refractivity contribution in [1.29, 1.82) is 0 Å². The molecule has 0 saturated carbocycles. The zero-order valence-electron chi connectivity index (χ0n) is 19.2. The lowest BCUT2D eigenvalue weighted by Gasteiger charge is -2.06. The molecule has 5 aromatic rings. The molecule has 0 aliphatic heterocycles. The average molecular weight is 465 g/mol. The van der Waals surface area contributed by atoms with Gasteiger partial charge in [-0.25, -0.2) is 0 Å². The van der Waals surface area contributed by atoms with Crippen molar-refractivity contribution in [2.24, 2.45) is 0 Å². The summed E-state index contributed by atoms with van der Waals surface area (Å²) in [6.07, 6.45) is 3.68. The fourth-order valence-corrected chi connectivity index (χ4v) is 4.09. The number of alkyl halides is 3. The highest BCUT2D eigenvalue weighted by Crippen LogP contribution is 2.30. The van der Waals surface area contributed by atoms with E-state index in [1.807, 2.05) is 18.2 Å². The van der Waals surface area contributed by atoms with Gasteiger partial charge in [-0.3, -0.25) is 0 Å². The van der Waals surface area contributed by atoms with Crippen LogP contribution >= 0.6 is 0 Å². The Balaban J connectivity index is 1.38. The van der Waals surface area contributed by atoms with Crippen molar-refractivity contribution >= 4 is 45.8 Å². The maximum atomic E-state index is 12.8. The zero-order valence-corrected chi connectivity index (χ0v) is 19.2. The summed E-state index contributed by atoms with van der Waals surface area (Å²) in [7, 11) is 0. The van der Waals surface area contributed by atoms with Gasteiger partial charge in [0.2, 0.25) is 0 Å². The van der Waals surface area contributed by atoms with Gasteiger partial charge in [0.15, 0.2) is 0 Å². The van der Waals surface area contributed by atoms with E-state index in [-0.39, 0.29) is 0 Å². The fourth-order valence-electron chi connectivity index (χ4n) is 4.09. The van der Waals surface area contributed by atoms with Crippen LogP contribution in [0.3, 0.4) is 0 Å². The summed E-state index contributed by atoms with van der Waals surface area (Å²) < 4.78 is 38.3. The molecule has 0 amide bonds. The predicted molar refractivity (Wildman–Crippen MR) is 142 cm³/mol. The normalized spacial score (nSPS) is 12.3. The molecule has 3 heteroatoms. The van der Waals surface area contributed by atoms with Gasteiger partial charge in [0.05, 0.1) is 5.56 Å². The zero-order chi connectivity index (χ0) is 24.4. The van der Waals surface area contributed by atoms with Gasteiger partial charge < -0.3 is 0 Å². The van der Waals surface area contributed by atoms with E-state index in [9.17, 15) is 13.2 Å². The molecule has 0 nitrogen and oxygen atoms in total. The second kappa shape index (κ2) is 9.27. The van der Waals surface area contributed by atoms with Crippen molar-refractivity contribution in [2.75, 3.05) is 0 Å². The van der Waals surface area contributed by atoms with Gasteiger partial charge in [-0.15, -0.1) is 0 Å². The number of hydrogen-bond donors (Lipinski definition) is 0. The molecule has 0 saturated heterocycles. The van der Waals surface area contributed by atoms with Crippen molar-refractivity contribution in [2.45, 2.75) is 13.1 Å². The summed E-state index contributed by atoms with van der Waals surface area (Å²) in [5.41, 5.74) is 4.65. The first kappa shape index (κ1) is 22.7. The van der Waals surface area contributed by atoms with Crippen molar-refractivity contribution in [3.05, 3.63) is 130 Å². The predicted octanol–water partition coefficient (Wildman–Crippen LogP) is 9.66. The lowest BCUT2D eigenvalue weighted by molar-refractivity contribution is -0.137. The van der Waals surface area contributed by atoms with Crippen LogP contribution in [0.15, 0.2) is 97.1 Å². The molecular formula is C32H23F3. The minimum absolute atomic E-state index is 0.638. The van der Waals surface area contributed by atoms with E-state index in [4.69, 9.17) is 0 Å². The van der Waals surface area contributed by atoms with Crippen molar-refractivity contribution < 1.29 is 13.2 Å². The van der Waals surface area contributed by atoms with Crippen molar-refractivity contribution in [1.82, 2.24) is 0 Å². The SMILES string of the molecule is Cc1ccc(/C=C/c2ccc3cc4cc(/C=C/c5ccc(C(F)(F)F)cc5)ccc4cc3c2)cc1. The van der Waals surface area contributed by atoms with Crippen LogP contribution in [0.2, 0.25) is 0 Å². The van der Waals surface area contributed by atoms with Gasteiger partial charge in [-0.2, -0.15) is 13.2 Å². The Morgan fingerprint density at radius 1 is 0.457 bits per heavy atom. The van der Waals surface area contributed by atoms with Gasteiger partial charge in [-0.1, -0.05) is 90.5 Å². The monoisotopic (exact) mass is 464 g/mol. The van der Waals surface area contributed by atoms with E-state index in [2.05, 4.69) is 85.8 Å². The number of aryl methyl sites for hydroxylation is 1. The Morgan fingerprint density at radius 3 is 1.31 bits per heavy atom. The van der Waals surface area contributed by atoms with Gasteiger partial charge in [0, 0.05) is 0 Å². The second-order valence-corrected chi connectivity index (χ2v) is 8.76. The Labute approximate surface area is 202 Å². The van der Waals surface area contributed by atoms with Crippen LogP contribution in [0, 0.1) is 6.92 Å². The molecule has 0 radical (unpaired) electrons. The van der Waals surface area contributed by atoms with Gasteiger partial charge >= 0.3 is 6.18 Å². The summed E-state index contributed by atoms with van der Waals surface area (Å²) in [5.74, 6) is 0. The second-order valence-electron chi connectivity index (χ2n) is 8.76. The first-order valence-corrected chi connectivity index (χ1v) is 11.4. The third-order valence-electron chi connectivity index (χ3n) is 6.10. The van der Waals surface area contributed by atoms with Crippen LogP contribution in [-0.4, -0.2) is 0 Å². The molecule has 5 rings (SSSR count). The number of hydrogen-bond acceptors (Lipinski definition) is 0. The molecule has 0 aliphatic rings. The highest BCUT2D eigenvalue weighted by Gasteiger charge is 2.29. The number of fused-ring (bicyclic) bond motifs is 2. The molecule has 5 aromatic carbocycles. The molecular weight excluding hydrogens is 441 g/mol. The van der Waals surface area contributed by atoms with Crippen LogP contribution in [0.4, 0.5) is 13.2 Å². The summed E-state index contributed by atoms with van der Waals surface area (Å²) in [4.78, 5) is 0. The van der Waals surface area contributed by atoms with Crippen molar-refractivity contribution in [3.63, 3.8) is 0 Å². The summed E-state index contributed by atoms with van der Waals surface area (Å²) in [6.45, 7) is 2.08. The third kappa shape index (κ3) is 5.36. The van der Waals surface area contributed by atoms with Crippen molar-refractivity contribution in [3.8, 4) is 0 Å². The molecule has 0 N–H and O–H groups in total. The summed E-state index contributed by atoms with van der Waals surface area (Å²) in [6, 6.07) is 30.6. The number of benzene rings is 5. The minimum Gasteiger partial charge on any atom is -0.166 e. The standard InChI is InChI=1S/C32H23F3/c1-22-2-4-23(5-3-22)6-8-25-10-14-27-21-30-19-26(11-15-28(30)20-29(27)18-25)9-7-24-12-16-31(17-13-24)32(33,34)35/h2-21H,1H3/b8-6+,9-7+. The molecule has 0 spiro atoms. The highest BCUT2D eigenvalue weighted by atomic mass is 19.4. The van der Waals surface area contributed by atoms with E-state index in [1.54, 1.807) is 0 Å². The molecule has 0 bridgehead atoms. The molecule has 172 valence electrons. The largest absolute Gasteiger partial charge is 0.416 e. The maximum absolute atomic E-state index is 12.8. The molecule has 35 heavy (non-hydrogen) atoms. The number of rotatable bonds is 4. The lowest BCUT2D eigenvalue weighted by atomic mass is 9.99. The fraction of sp³-hybridized carbons (Fsp3) is 0.0625. The Bertz CT molecular complexity index is 1550. The summed E-state index contributed by atoms with van der Waals surface area (Å²) in [5, 5.41) is 4.60. The topological polar surface area (TPSA) is 0 Å². The molecule has 0 fully saturated rings. The summed E-state index contributed by atoms with van der Waals surface area (Å²) >= 11 is 0. The lowest BCUT2D eigenvalue weighted by Crippen LogP contribution is -2.03. The number of halogens is 3. The van der Waals surface area contributed by atoms with E-state index in [0.717, 1.165) is 45.0 Å². The minimum atomic E-state index is -4.32. The van der Waals surface area contributed by atoms with Crippen LogP contribution in [0.5, 0.6) is 0 Å². The Kier molecular flexibility index (Phi) is 6.00. The Hall–Kier alpha value is -4.11. The van der Waals surface area contributed by atoms with Gasteiger partial charge in [0.1, 0.15) is 0 Å². The molecule has 0 aromatic heterocycles. The highest BCUT2D eigenvalue weighted by molar-refractivity contribution is 6.00. The van der Waals surface area contributed by atoms with Gasteiger partial charge in [0.25, 0.3) is 0 Å². The van der Waals surface area contributed by atoms with E-state index in [1.165, 1.54) is 28.6 Å². The van der Waals surface area contributed by atoms with Crippen LogP contribution in [-0.2, 0) is 6.18 Å². The first-order chi connectivity index (χ1) is 16.8. The first-order valence-electron chi connectivity index (χ1n) is 11.4. The molecule has 0 heterocycles. The van der Waals surface area contributed by atoms with E-state index < -0.39 is 11.7 Å². The van der Waals surface area contributed by atoms with E-state index in [0.29, 0.717) is 0 Å². The Morgan fingerprint density at radius 2 is 0.857 bits per heavy atom. The molecule has 0 aliphatic carbocycles. The van der Waals surface area contributed by atoms with Crippen LogP contribution in [0.25, 0.3) is 45.8 Å². The smallest absolute Gasteiger partial charge is 0.166 e. The quantitative estimate of drug-likeness (QED) is 0.183. The van der Waals surface area contributed by atoms with Crippen LogP contribution < -0.4 is 0 Å².